The van der Waals surface area contributed by atoms with E-state index >= 15 is 0 Å². The van der Waals surface area contributed by atoms with E-state index in [1.54, 1.807) is 35.3 Å². The van der Waals surface area contributed by atoms with Gasteiger partial charge in [0.25, 0.3) is 0 Å². The van der Waals surface area contributed by atoms with Crippen molar-refractivity contribution in [2.75, 3.05) is 25.0 Å². The Balaban J connectivity index is 1.89. The Morgan fingerprint density at radius 1 is 1.41 bits per heavy atom. The van der Waals surface area contributed by atoms with Gasteiger partial charge in [0.2, 0.25) is 6.41 Å². The highest BCUT2D eigenvalue weighted by molar-refractivity contribution is 5.78. The van der Waals surface area contributed by atoms with Crippen molar-refractivity contribution < 1.29 is 18.0 Å². The molecule has 1 aromatic rings. The Morgan fingerprint density at radius 2 is 2.18 bits per heavy atom. The SMILES string of the molecule is CCN(CC(NC=O)/C(C=N)=C/N)c1ccnc(C2=CN(C)C3C=NC(CC(F)(F)F)=CN23)n1. The van der Waals surface area contributed by atoms with E-state index in [-0.39, 0.29) is 18.4 Å². The lowest BCUT2D eigenvalue weighted by Gasteiger charge is -2.30. The summed E-state index contributed by atoms with van der Waals surface area (Å²) in [7, 11) is 1.79. The summed E-state index contributed by atoms with van der Waals surface area (Å²) in [5.74, 6) is 0.869. The van der Waals surface area contributed by atoms with E-state index in [0.717, 1.165) is 6.21 Å². The van der Waals surface area contributed by atoms with Crippen molar-refractivity contribution in [2.24, 2.45) is 10.7 Å². The highest BCUT2D eigenvalue weighted by atomic mass is 19.4. The van der Waals surface area contributed by atoms with Crippen LogP contribution in [-0.4, -0.2) is 77.1 Å². The third kappa shape index (κ3) is 5.53. The predicted octanol–water partition coefficient (Wildman–Crippen LogP) is 1.66. The second kappa shape index (κ2) is 10.4. The highest BCUT2D eigenvalue weighted by Crippen LogP contribution is 2.34. The summed E-state index contributed by atoms with van der Waals surface area (Å²) < 4.78 is 38.7. The molecule has 0 aliphatic carbocycles. The molecule has 0 saturated heterocycles. The maximum atomic E-state index is 12.9. The van der Waals surface area contributed by atoms with Gasteiger partial charge in [-0.05, 0) is 13.0 Å². The molecular weight excluding hydrogens is 451 g/mol. The summed E-state index contributed by atoms with van der Waals surface area (Å²) in [6, 6.07) is 1.16. The Labute approximate surface area is 194 Å². The van der Waals surface area contributed by atoms with Gasteiger partial charge in [-0.2, -0.15) is 13.2 Å². The topological polar surface area (TPSA) is 127 Å². The number of alkyl halides is 3. The van der Waals surface area contributed by atoms with Gasteiger partial charge in [-0.25, -0.2) is 9.97 Å². The number of nitrogens with zero attached hydrogens (tertiary/aromatic N) is 6. The van der Waals surface area contributed by atoms with Crippen LogP contribution in [0.5, 0.6) is 0 Å². The molecule has 2 atom stereocenters. The largest absolute Gasteiger partial charge is 0.404 e. The number of allylic oxidation sites excluding steroid dienone is 1. The lowest BCUT2D eigenvalue weighted by molar-refractivity contribution is -0.127. The number of likely N-dealkylation sites (N-methyl/N-ethyl adjacent to an activating group) is 1. The maximum absolute atomic E-state index is 12.9. The molecule has 1 amide bonds. The zero-order valence-corrected chi connectivity index (χ0v) is 18.7. The van der Waals surface area contributed by atoms with Crippen LogP contribution in [0.1, 0.15) is 19.2 Å². The molecule has 0 aromatic carbocycles. The number of nitrogens with two attached hydrogens (primary N) is 1. The molecule has 3 heterocycles. The smallest absolute Gasteiger partial charge is 0.394 e. The summed E-state index contributed by atoms with van der Waals surface area (Å²) in [5.41, 5.74) is 6.44. The highest BCUT2D eigenvalue weighted by Gasteiger charge is 2.35. The third-order valence-electron chi connectivity index (χ3n) is 5.36. The van der Waals surface area contributed by atoms with Crippen molar-refractivity contribution >= 4 is 30.4 Å². The lowest BCUT2D eigenvalue weighted by Crippen LogP contribution is -2.43. The lowest BCUT2D eigenvalue weighted by atomic mass is 10.1. The first-order valence-corrected chi connectivity index (χ1v) is 10.4. The van der Waals surface area contributed by atoms with Gasteiger partial charge in [-0.3, -0.25) is 9.79 Å². The van der Waals surface area contributed by atoms with Crippen molar-refractivity contribution in [3.05, 3.63) is 48.0 Å². The molecule has 0 bridgehead atoms. The first-order chi connectivity index (χ1) is 16.2. The van der Waals surface area contributed by atoms with E-state index in [1.165, 1.54) is 18.6 Å². The number of nitrogens with one attached hydrogen (secondary N) is 2. The molecule has 34 heavy (non-hydrogen) atoms. The number of aromatic nitrogens is 2. The zero-order chi connectivity index (χ0) is 24.9. The van der Waals surface area contributed by atoms with Gasteiger partial charge in [-0.15, -0.1) is 0 Å². The fourth-order valence-corrected chi connectivity index (χ4v) is 3.68. The quantitative estimate of drug-likeness (QED) is 0.346. The van der Waals surface area contributed by atoms with Crippen LogP contribution >= 0.6 is 0 Å². The number of aliphatic imine (C=N–C) groups is 1. The van der Waals surface area contributed by atoms with Crippen molar-refractivity contribution in [3.8, 4) is 0 Å². The number of anilines is 1. The third-order valence-corrected chi connectivity index (χ3v) is 5.36. The van der Waals surface area contributed by atoms with Crippen LogP contribution in [-0.2, 0) is 4.79 Å². The number of carbonyl (C=O) groups is 1. The summed E-state index contributed by atoms with van der Waals surface area (Å²) in [4.78, 5) is 29.3. The van der Waals surface area contributed by atoms with Crippen LogP contribution in [0.2, 0.25) is 0 Å². The Kier molecular flexibility index (Phi) is 7.54. The minimum absolute atomic E-state index is 0.105. The molecule has 2 unspecified atom stereocenters. The number of fused-ring (bicyclic) bond motifs is 1. The van der Waals surface area contributed by atoms with Gasteiger partial charge >= 0.3 is 6.18 Å². The van der Waals surface area contributed by atoms with E-state index in [0.29, 0.717) is 35.9 Å². The summed E-state index contributed by atoms with van der Waals surface area (Å²) >= 11 is 0. The number of carbonyl (C=O) groups excluding carboxylic acids is 1. The molecule has 1 aromatic heterocycles. The molecular formula is C21H26F3N9O. The average Bonchev–Trinajstić information content (AvgIpc) is 3.13. The van der Waals surface area contributed by atoms with Gasteiger partial charge in [0.1, 0.15) is 17.7 Å². The van der Waals surface area contributed by atoms with Crippen LogP contribution in [0.25, 0.3) is 5.70 Å². The van der Waals surface area contributed by atoms with Crippen LogP contribution in [0, 0.1) is 5.41 Å². The van der Waals surface area contributed by atoms with E-state index < -0.39 is 18.6 Å². The standard InChI is InChI=1S/C21H26F3N9O/c1-3-32(11-16(29-13-34)14(7-25)8-26)18-4-5-27-20(30-18)17-12-31(2)19-9-28-15(10-33(17)19)6-21(22,23)24/h4-5,7-10,12-13,16,19,25H,3,6,11,26H2,1-2H3,(H,29,34)/b14-8+,25-7?. The first-order valence-electron chi connectivity index (χ1n) is 10.4. The number of rotatable bonds is 10. The molecule has 2 aliphatic rings. The van der Waals surface area contributed by atoms with Gasteiger partial charge in [0, 0.05) is 62.9 Å². The van der Waals surface area contributed by atoms with Crippen LogP contribution in [0.15, 0.2) is 47.1 Å². The number of hydrogen-bond donors (Lipinski definition) is 3. The number of halogens is 3. The Bertz CT molecular complexity index is 1030. The fourth-order valence-electron chi connectivity index (χ4n) is 3.68. The van der Waals surface area contributed by atoms with Crippen molar-refractivity contribution in [2.45, 2.75) is 31.7 Å². The molecule has 0 fully saturated rings. The fraction of sp³-hybridized carbons (Fsp3) is 0.381. The monoisotopic (exact) mass is 477 g/mol. The summed E-state index contributed by atoms with van der Waals surface area (Å²) in [6.45, 7) is 2.72. The van der Waals surface area contributed by atoms with E-state index in [2.05, 4.69) is 20.3 Å². The molecule has 0 saturated carbocycles. The minimum Gasteiger partial charge on any atom is -0.404 e. The summed E-state index contributed by atoms with van der Waals surface area (Å²) in [5, 5.41) is 10.2. The maximum Gasteiger partial charge on any atom is 0.394 e. The number of hydrogen-bond acceptors (Lipinski definition) is 9. The second-order valence-corrected chi connectivity index (χ2v) is 7.62. The van der Waals surface area contributed by atoms with Gasteiger partial charge in [0.15, 0.2) is 5.82 Å². The van der Waals surface area contributed by atoms with Gasteiger partial charge in [0.05, 0.1) is 18.2 Å². The van der Waals surface area contributed by atoms with Crippen LogP contribution < -0.4 is 16.0 Å². The van der Waals surface area contributed by atoms with E-state index in [1.807, 2.05) is 11.8 Å². The Morgan fingerprint density at radius 3 is 2.79 bits per heavy atom. The zero-order valence-electron chi connectivity index (χ0n) is 18.7. The molecule has 0 spiro atoms. The van der Waals surface area contributed by atoms with Crippen LogP contribution in [0.4, 0.5) is 19.0 Å². The number of amides is 1. The second-order valence-electron chi connectivity index (χ2n) is 7.62. The van der Waals surface area contributed by atoms with Crippen molar-refractivity contribution in [1.29, 1.82) is 5.41 Å². The van der Waals surface area contributed by atoms with Crippen molar-refractivity contribution in [3.63, 3.8) is 0 Å². The van der Waals surface area contributed by atoms with Crippen LogP contribution in [0.3, 0.4) is 0 Å². The van der Waals surface area contributed by atoms with E-state index in [9.17, 15) is 18.0 Å². The molecule has 0 radical (unpaired) electrons. The normalized spacial score (nSPS) is 18.7. The van der Waals surface area contributed by atoms with Gasteiger partial charge in [-0.1, -0.05) is 0 Å². The first kappa shape index (κ1) is 24.7. The molecule has 13 heteroatoms. The Hall–Kier alpha value is -3.90. The van der Waals surface area contributed by atoms with Gasteiger partial charge < -0.3 is 31.2 Å². The minimum atomic E-state index is -4.37. The molecule has 10 nitrogen and oxygen atoms in total. The molecule has 182 valence electrons. The molecule has 4 N–H and O–H groups in total. The van der Waals surface area contributed by atoms with Crippen molar-refractivity contribution in [1.82, 2.24) is 25.1 Å². The molecule has 3 rings (SSSR count). The summed E-state index contributed by atoms with van der Waals surface area (Å²) in [6.07, 6.45) is 3.12. The molecule has 2 aliphatic heterocycles. The van der Waals surface area contributed by atoms with E-state index in [4.69, 9.17) is 11.1 Å². The average molecular weight is 477 g/mol. The predicted molar refractivity (Wildman–Crippen MR) is 123 cm³/mol.